The van der Waals surface area contributed by atoms with Crippen molar-refractivity contribution in [3.05, 3.63) is 60.2 Å². The molecule has 0 saturated carbocycles. The van der Waals surface area contributed by atoms with E-state index in [0.29, 0.717) is 29.4 Å². The van der Waals surface area contributed by atoms with Gasteiger partial charge in [0.1, 0.15) is 5.75 Å². The molecule has 0 saturated heterocycles. The van der Waals surface area contributed by atoms with Crippen LogP contribution in [0.25, 0.3) is 5.52 Å². The van der Waals surface area contributed by atoms with Crippen LogP contribution in [0.2, 0.25) is 0 Å². The largest absolute Gasteiger partial charge is 0.497 e. The fourth-order valence-corrected chi connectivity index (χ4v) is 2.63. The highest BCUT2D eigenvalue weighted by molar-refractivity contribution is 6.06. The lowest BCUT2D eigenvalue weighted by Gasteiger charge is -2.06. The third-order valence-corrected chi connectivity index (χ3v) is 3.97. The van der Waals surface area contributed by atoms with Crippen LogP contribution in [0, 0.1) is 5.92 Å². The number of pyridine rings is 1. The summed E-state index contributed by atoms with van der Waals surface area (Å²) in [6.07, 6.45) is 1.71. The Labute approximate surface area is 157 Å². The first-order chi connectivity index (χ1) is 13.0. The molecule has 1 aromatic carbocycles. The summed E-state index contributed by atoms with van der Waals surface area (Å²) in [6.45, 7) is 4.56. The number of benzene rings is 1. The molecular formula is C20H22N4O3. The predicted molar refractivity (Wildman–Crippen MR) is 103 cm³/mol. The van der Waals surface area contributed by atoms with Gasteiger partial charge in [-0.15, -0.1) is 0 Å². The number of anilines is 1. The van der Waals surface area contributed by atoms with Crippen molar-refractivity contribution in [3.8, 4) is 5.75 Å². The molecule has 3 aromatic rings. The number of aromatic nitrogens is 2. The monoisotopic (exact) mass is 366 g/mol. The molecule has 2 aromatic heterocycles. The Balaban J connectivity index is 1.92. The summed E-state index contributed by atoms with van der Waals surface area (Å²) in [5.74, 6) is 0.386. The highest BCUT2D eigenvalue weighted by Crippen LogP contribution is 2.19. The average Bonchev–Trinajstić information content (AvgIpc) is 3.06. The summed E-state index contributed by atoms with van der Waals surface area (Å²) in [6, 6.07) is 12.4. The molecule has 0 aliphatic rings. The Morgan fingerprint density at radius 2 is 1.96 bits per heavy atom. The van der Waals surface area contributed by atoms with Gasteiger partial charge in [-0.2, -0.15) is 0 Å². The fourth-order valence-electron chi connectivity index (χ4n) is 2.63. The van der Waals surface area contributed by atoms with Gasteiger partial charge in [-0.3, -0.25) is 14.0 Å². The second-order valence-electron chi connectivity index (χ2n) is 6.53. The van der Waals surface area contributed by atoms with Gasteiger partial charge >= 0.3 is 0 Å². The van der Waals surface area contributed by atoms with E-state index in [1.807, 2.05) is 13.8 Å². The van der Waals surface area contributed by atoms with Crippen LogP contribution in [-0.2, 0) is 0 Å². The lowest BCUT2D eigenvalue weighted by Crippen LogP contribution is -2.27. The number of imidazole rings is 1. The van der Waals surface area contributed by atoms with Crippen molar-refractivity contribution in [2.45, 2.75) is 13.8 Å². The maximum Gasteiger partial charge on any atom is 0.292 e. The molecule has 0 fully saturated rings. The van der Waals surface area contributed by atoms with Gasteiger partial charge in [-0.25, -0.2) is 4.98 Å². The summed E-state index contributed by atoms with van der Waals surface area (Å²) >= 11 is 0. The Morgan fingerprint density at radius 3 is 2.70 bits per heavy atom. The van der Waals surface area contributed by atoms with Crippen molar-refractivity contribution < 1.29 is 14.3 Å². The summed E-state index contributed by atoms with van der Waals surface area (Å²) in [5, 5.41) is 5.64. The minimum absolute atomic E-state index is 0.142. The zero-order valence-electron chi connectivity index (χ0n) is 15.5. The minimum atomic E-state index is -0.410. The van der Waals surface area contributed by atoms with Crippen LogP contribution < -0.4 is 15.4 Å². The summed E-state index contributed by atoms with van der Waals surface area (Å²) in [5.41, 5.74) is 1.39. The van der Waals surface area contributed by atoms with E-state index in [1.54, 1.807) is 60.2 Å². The Morgan fingerprint density at radius 1 is 1.15 bits per heavy atom. The molecule has 2 heterocycles. The van der Waals surface area contributed by atoms with Crippen molar-refractivity contribution in [1.29, 1.82) is 0 Å². The van der Waals surface area contributed by atoms with Gasteiger partial charge in [-0.05, 0) is 30.2 Å². The quantitative estimate of drug-likeness (QED) is 0.702. The third kappa shape index (κ3) is 4.08. The number of hydrogen-bond donors (Lipinski definition) is 2. The molecule has 0 atom stereocenters. The number of fused-ring (bicyclic) bond motifs is 1. The van der Waals surface area contributed by atoms with E-state index in [9.17, 15) is 9.59 Å². The molecule has 2 amide bonds. The van der Waals surface area contributed by atoms with E-state index >= 15 is 0 Å². The smallest absolute Gasteiger partial charge is 0.292 e. The van der Waals surface area contributed by atoms with Crippen molar-refractivity contribution in [1.82, 2.24) is 14.7 Å². The number of nitrogens with one attached hydrogen (secondary N) is 2. The molecule has 0 radical (unpaired) electrons. The standard InChI is InChI=1S/C20H22N4O3/c1-13(2)12-21-19(25)17-16-9-4-5-10-24(16)18(23-17)20(26)22-14-7-6-8-15(11-14)27-3/h4-11,13H,12H2,1-3H3,(H,21,25)(H,22,26). The molecule has 27 heavy (non-hydrogen) atoms. The fraction of sp³-hybridized carbons (Fsp3) is 0.250. The van der Waals surface area contributed by atoms with Gasteiger partial charge in [0.15, 0.2) is 5.69 Å². The number of ether oxygens (including phenoxy) is 1. The number of hydrogen-bond acceptors (Lipinski definition) is 4. The topological polar surface area (TPSA) is 84.7 Å². The molecule has 2 N–H and O–H groups in total. The Hall–Kier alpha value is -3.35. The minimum Gasteiger partial charge on any atom is -0.497 e. The molecule has 0 aliphatic heterocycles. The molecule has 0 unspecified atom stereocenters. The maximum atomic E-state index is 12.8. The van der Waals surface area contributed by atoms with Crippen LogP contribution in [0.1, 0.15) is 35.0 Å². The van der Waals surface area contributed by atoms with Crippen molar-refractivity contribution in [3.63, 3.8) is 0 Å². The van der Waals surface area contributed by atoms with Crippen molar-refractivity contribution in [2.75, 3.05) is 19.0 Å². The van der Waals surface area contributed by atoms with Gasteiger partial charge in [0, 0.05) is 24.5 Å². The first-order valence-electron chi connectivity index (χ1n) is 8.70. The SMILES string of the molecule is COc1cccc(NC(=O)c2nc(C(=O)NCC(C)C)c3ccccn23)c1. The van der Waals surface area contributed by atoms with E-state index in [1.165, 1.54) is 0 Å². The predicted octanol–water partition coefficient (Wildman–Crippen LogP) is 2.98. The normalized spacial score (nSPS) is 10.8. The summed E-state index contributed by atoms with van der Waals surface area (Å²) in [4.78, 5) is 29.6. The first-order valence-corrected chi connectivity index (χ1v) is 8.70. The van der Waals surface area contributed by atoms with E-state index in [-0.39, 0.29) is 17.4 Å². The third-order valence-electron chi connectivity index (χ3n) is 3.97. The highest BCUT2D eigenvalue weighted by atomic mass is 16.5. The van der Waals surface area contributed by atoms with Crippen LogP contribution in [0.3, 0.4) is 0 Å². The van der Waals surface area contributed by atoms with E-state index in [0.717, 1.165) is 0 Å². The second-order valence-corrected chi connectivity index (χ2v) is 6.53. The Bertz CT molecular complexity index is 978. The van der Waals surface area contributed by atoms with Crippen LogP contribution in [0.4, 0.5) is 5.69 Å². The van der Waals surface area contributed by atoms with Crippen LogP contribution in [0.15, 0.2) is 48.7 Å². The van der Waals surface area contributed by atoms with Gasteiger partial charge in [-0.1, -0.05) is 26.0 Å². The summed E-state index contributed by atoms with van der Waals surface area (Å²) in [7, 11) is 1.56. The highest BCUT2D eigenvalue weighted by Gasteiger charge is 2.21. The number of methoxy groups -OCH3 is 1. The van der Waals surface area contributed by atoms with Gasteiger partial charge < -0.3 is 15.4 Å². The molecule has 0 spiro atoms. The zero-order chi connectivity index (χ0) is 19.4. The van der Waals surface area contributed by atoms with Crippen molar-refractivity contribution in [2.24, 2.45) is 5.92 Å². The lowest BCUT2D eigenvalue weighted by atomic mass is 10.2. The molecule has 3 rings (SSSR count). The maximum absolute atomic E-state index is 12.8. The van der Waals surface area contributed by atoms with E-state index in [4.69, 9.17) is 4.74 Å². The van der Waals surface area contributed by atoms with Gasteiger partial charge in [0.25, 0.3) is 11.8 Å². The number of carbonyl (C=O) groups is 2. The molecule has 7 nitrogen and oxygen atoms in total. The zero-order valence-corrected chi connectivity index (χ0v) is 15.5. The number of nitrogens with zero attached hydrogens (tertiary/aromatic N) is 2. The summed E-state index contributed by atoms with van der Waals surface area (Å²) < 4.78 is 6.78. The second kappa shape index (κ2) is 7.90. The molecule has 0 bridgehead atoms. The number of rotatable bonds is 6. The number of amides is 2. The van der Waals surface area contributed by atoms with Crippen molar-refractivity contribution >= 4 is 23.0 Å². The van der Waals surface area contributed by atoms with Crippen LogP contribution in [-0.4, -0.2) is 34.9 Å². The Kier molecular flexibility index (Phi) is 5.40. The van der Waals surface area contributed by atoms with Crippen LogP contribution >= 0.6 is 0 Å². The molecule has 0 aliphatic carbocycles. The van der Waals surface area contributed by atoms with E-state index in [2.05, 4.69) is 15.6 Å². The molecular weight excluding hydrogens is 344 g/mol. The molecule has 140 valence electrons. The van der Waals surface area contributed by atoms with Gasteiger partial charge in [0.05, 0.1) is 12.6 Å². The van der Waals surface area contributed by atoms with Gasteiger partial charge in [0.2, 0.25) is 5.82 Å². The number of carbonyl (C=O) groups excluding carboxylic acids is 2. The van der Waals surface area contributed by atoms with Crippen LogP contribution in [0.5, 0.6) is 5.75 Å². The first kappa shape index (κ1) is 18.4. The van der Waals surface area contributed by atoms with E-state index < -0.39 is 5.91 Å². The average molecular weight is 366 g/mol. The lowest BCUT2D eigenvalue weighted by molar-refractivity contribution is 0.0946. The molecule has 7 heteroatoms.